The molecule has 0 aliphatic carbocycles. The van der Waals surface area contributed by atoms with Gasteiger partial charge in [-0.15, -0.1) is 0 Å². The SMILES string of the molecule is CCOc1c(F)cccc1C(=O)N1CCNC(C)C1. The largest absolute Gasteiger partial charge is 0.490 e. The quantitative estimate of drug-likeness (QED) is 0.904. The van der Waals surface area contributed by atoms with Crippen molar-refractivity contribution in [2.45, 2.75) is 19.9 Å². The molecule has 1 atom stereocenters. The molecule has 1 N–H and O–H groups in total. The molecule has 0 spiro atoms. The summed E-state index contributed by atoms with van der Waals surface area (Å²) in [5.74, 6) is -0.603. The Morgan fingerprint density at radius 1 is 1.58 bits per heavy atom. The van der Waals surface area contributed by atoms with E-state index >= 15 is 0 Å². The van der Waals surface area contributed by atoms with Crippen LogP contribution in [0.15, 0.2) is 18.2 Å². The van der Waals surface area contributed by atoms with Crippen molar-refractivity contribution < 1.29 is 13.9 Å². The third-order valence-corrected chi connectivity index (χ3v) is 3.14. The third kappa shape index (κ3) is 3.04. The fourth-order valence-electron chi connectivity index (χ4n) is 2.26. The maximum atomic E-state index is 13.7. The molecule has 1 aliphatic rings. The Labute approximate surface area is 112 Å². The van der Waals surface area contributed by atoms with Gasteiger partial charge in [-0.05, 0) is 26.0 Å². The van der Waals surface area contributed by atoms with Crippen molar-refractivity contribution in [1.82, 2.24) is 10.2 Å². The van der Waals surface area contributed by atoms with Crippen molar-refractivity contribution in [1.29, 1.82) is 0 Å². The standard InChI is InChI=1S/C14H19FN2O2/c1-3-19-13-11(5-4-6-12(13)15)14(18)17-8-7-16-10(2)9-17/h4-6,10,16H,3,7-9H2,1-2H3. The molecule has 1 saturated heterocycles. The summed E-state index contributed by atoms with van der Waals surface area (Å²) in [6.07, 6.45) is 0. The number of hydrogen-bond acceptors (Lipinski definition) is 3. The van der Waals surface area contributed by atoms with E-state index in [4.69, 9.17) is 4.74 Å². The van der Waals surface area contributed by atoms with Crippen LogP contribution in [0.1, 0.15) is 24.2 Å². The zero-order valence-electron chi connectivity index (χ0n) is 11.3. The molecular weight excluding hydrogens is 247 g/mol. The number of hydrogen-bond donors (Lipinski definition) is 1. The van der Waals surface area contributed by atoms with Gasteiger partial charge in [0.1, 0.15) is 0 Å². The smallest absolute Gasteiger partial charge is 0.257 e. The van der Waals surface area contributed by atoms with Crippen molar-refractivity contribution in [3.8, 4) is 5.75 Å². The Morgan fingerprint density at radius 3 is 3.05 bits per heavy atom. The monoisotopic (exact) mass is 266 g/mol. The van der Waals surface area contributed by atoms with Crippen LogP contribution in [-0.2, 0) is 0 Å². The predicted molar refractivity (Wildman–Crippen MR) is 70.9 cm³/mol. The number of carbonyl (C=O) groups is 1. The van der Waals surface area contributed by atoms with Gasteiger partial charge in [-0.3, -0.25) is 4.79 Å². The highest BCUT2D eigenvalue weighted by Crippen LogP contribution is 2.24. The van der Waals surface area contributed by atoms with Gasteiger partial charge in [0.25, 0.3) is 5.91 Å². The van der Waals surface area contributed by atoms with Gasteiger partial charge >= 0.3 is 0 Å². The van der Waals surface area contributed by atoms with Gasteiger partial charge in [0.05, 0.1) is 12.2 Å². The zero-order valence-corrected chi connectivity index (χ0v) is 11.3. The molecule has 1 amide bonds. The summed E-state index contributed by atoms with van der Waals surface area (Å²) >= 11 is 0. The second-order valence-corrected chi connectivity index (χ2v) is 4.66. The highest BCUT2D eigenvalue weighted by molar-refractivity contribution is 5.97. The minimum absolute atomic E-state index is 0.0567. The summed E-state index contributed by atoms with van der Waals surface area (Å²) in [6, 6.07) is 4.71. The first kappa shape index (κ1) is 13.8. The van der Waals surface area contributed by atoms with E-state index in [-0.39, 0.29) is 17.7 Å². The maximum Gasteiger partial charge on any atom is 0.257 e. The molecule has 1 fully saturated rings. The van der Waals surface area contributed by atoms with Gasteiger partial charge in [0.2, 0.25) is 0 Å². The first-order chi connectivity index (χ1) is 9.13. The van der Waals surface area contributed by atoms with E-state index in [0.29, 0.717) is 25.3 Å². The second kappa shape index (κ2) is 6.02. The van der Waals surface area contributed by atoms with Crippen LogP contribution in [0, 0.1) is 5.82 Å². The molecule has 1 heterocycles. The zero-order chi connectivity index (χ0) is 13.8. The van der Waals surface area contributed by atoms with E-state index in [9.17, 15) is 9.18 Å². The van der Waals surface area contributed by atoms with Crippen molar-refractivity contribution in [3.63, 3.8) is 0 Å². The summed E-state index contributed by atoms with van der Waals surface area (Å²) in [7, 11) is 0. The Morgan fingerprint density at radius 2 is 2.37 bits per heavy atom. The summed E-state index contributed by atoms with van der Waals surface area (Å²) in [5.41, 5.74) is 0.302. The normalized spacial score (nSPS) is 19.3. The molecule has 1 aromatic carbocycles. The van der Waals surface area contributed by atoms with Crippen LogP contribution in [-0.4, -0.2) is 43.1 Å². The number of carbonyl (C=O) groups excluding carboxylic acids is 1. The van der Waals surface area contributed by atoms with Crippen LogP contribution in [0.4, 0.5) is 4.39 Å². The molecule has 0 bridgehead atoms. The number of halogens is 1. The molecule has 2 rings (SSSR count). The highest BCUT2D eigenvalue weighted by atomic mass is 19.1. The van der Waals surface area contributed by atoms with Crippen molar-refractivity contribution in [3.05, 3.63) is 29.6 Å². The Kier molecular flexibility index (Phi) is 4.37. The fraction of sp³-hybridized carbons (Fsp3) is 0.500. The number of amides is 1. The maximum absolute atomic E-state index is 13.7. The summed E-state index contributed by atoms with van der Waals surface area (Å²) in [6.45, 7) is 6.14. The first-order valence-electron chi connectivity index (χ1n) is 6.57. The number of ether oxygens (including phenoxy) is 1. The van der Waals surface area contributed by atoms with Crippen LogP contribution >= 0.6 is 0 Å². The van der Waals surface area contributed by atoms with Gasteiger partial charge < -0.3 is 15.0 Å². The topological polar surface area (TPSA) is 41.6 Å². The van der Waals surface area contributed by atoms with Crippen LogP contribution in [0.5, 0.6) is 5.75 Å². The van der Waals surface area contributed by atoms with E-state index in [1.54, 1.807) is 17.9 Å². The molecule has 0 aromatic heterocycles. The van der Waals surface area contributed by atoms with E-state index in [1.807, 2.05) is 6.92 Å². The van der Waals surface area contributed by atoms with Crippen LogP contribution in [0.2, 0.25) is 0 Å². The van der Waals surface area contributed by atoms with E-state index in [2.05, 4.69) is 5.32 Å². The predicted octanol–water partition coefficient (Wildman–Crippen LogP) is 1.66. The molecule has 4 nitrogen and oxygen atoms in total. The van der Waals surface area contributed by atoms with Crippen molar-refractivity contribution >= 4 is 5.91 Å². The van der Waals surface area contributed by atoms with Crippen molar-refractivity contribution in [2.75, 3.05) is 26.2 Å². The van der Waals surface area contributed by atoms with E-state index in [0.717, 1.165) is 6.54 Å². The summed E-state index contributed by atoms with van der Waals surface area (Å²) in [4.78, 5) is 14.2. The second-order valence-electron chi connectivity index (χ2n) is 4.66. The number of para-hydroxylation sites is 1. The number of nitrogens with one attached hydrogen (secondary N) is 1. The number of benzene rings is 1. The van der Waals surface area contributed by atoms with Gasteiger partial charge in [-0.25, -0.2) is 4.39 Å². The summed E-state index contributed by atoms with van der Waals surface area (Å²) in [5, 5.41) is 3.27. The Bertz CT molecular complexity index is 465. The molecular formula is C14H19FN2O2. The van der Waals surface area contributed by atoms with Crippen molar-refractivity contribution in [2.24, 2.45) is 0 Å². The lowest BCUT2D eigenvalue weighted by Gasteiger charge is -2.32. The van der Waals surface area contributed by atoms with Crippen LogP contribution in [0.3, 0.4) is 0 Å². The minimum atomic E-state index is -0.490. The molecule has 0 saturated carbocycles. The number of nitrogens with zero attached hydrogens (tertiary/aromatic N) is 1. The third-order valence-electron chi connectivity index (χ3n) is 3.14. The Hall–Kier alpha value is -1.62. The molecule has 1 aliphatic heterocycles. The molecule has 19 heavy (non-hydrogen) atoms. The number of piperazine rings is 1. The van der Waals surface area contributed by atoms with Gasteiger partial charge in [0, 0.05) is 25.7 Å². The highest BCUT2D eigenvalue weighted by Gasteiger charge is 2.25. The number of rotatable bonds is 3. The van der Waals surface area contributed by atoms with Crippen LogP contribution in [0.25, 0.3) is 0 Å². The van der Waals surface area contributed by atoms with E-state index < -0.39 is 5.82 Å². The van der Waals surface area contributed by atoms with Gasteiger partial charge in [-0.2, -0.15) is 0 Å². The molecule has 1 unspecified atom stereocenters. The van der Waals surface area contributed by atoms with Gasteiger partial charge in [0.15, 0.2) is 11.6 Å². The molecule has 1 aromatic rings. The lowest BCUT2D eigenvalue weighted by Crippen LogP contribution is -2.51. The van der Waals surface area contributed by atoms with Crippen LogP contribution < -0.4 is 10.1 Å². The minimum Gasteiger partial charge on any atom is -0.490 e. The lowest BCUT2D eigenvalue weighted by atomic mass is 10.1. The average molecular weight is 266 g/mol. The fourth-order valence-corrected chi connectivity index (χ4v) is 2.26. The summed E-state index contributed by atoms with van der Waals surface area (Å²) < 4.78 is 19.0. The first-order valence-corrected chi connectivity index (χ1v) is 6.57. The Balaban J connectivity index is 2.25. The molecule has 104 valence electrons. The molecule has 0 radical (unpaired) electrons. The molecule has 5 heteroatoms. The lowest BCUT2D eigenvalue weighted by molar-refractivity contribution is 0.0704. The van der Waals surface area contributed by atoms with Gasteiger partial charge in [-0.1, -0.05) is 6.07 Å². The average Bonchev–Trinajstić information content (AvgIpc) is 2.40. The van der Waals surface area contributed by atoms with E-state index in [1.165, 1.54) is 12.1 Å².